The molecule has 0 unspecified atom stereocenters. The number of nitrogens with zero attached hydrogens (tertiary/aromatic N) is 4. The zero-order valence-electron chi connectivity index (χ0n) is 15.8. The molecule has 7 heteroatoms. The van der Waals surface area contributed by atoms with Crippen LogP contribution in [0.15, 0.2) is 48.9 Å². The normalized spacial score (nSPS) is 16.3. The minimum absolute atomic E-state index is 0.129. The van der Waals surface area contributed by atoms with E-state index in [-0.39, 0.29) is 5.91 Å². The summed E-state index contributed by atoms with van der Waals surface area (Å²) >= 11 is 6.40. The van der Waals surface area contributed by atoms with Gasteiger partial charge < -0.3 is 10.2 Å². The molecule has 1 aliphatic carbocycles. The van der Waals surface area contributed by atoms with Gasteiger partial charge in [-0.25, -0.2) is 9.97 Å². The van der Waals surface area contributed by atoms with Crippen molar-refractivity contribution in [3.63, 3.8) is 0 Å². The summed E-state index contributed by atoms with van der Waals surface area (Å²) in [5.74, 6) is 1.23. The molecule has 2 fully saturated rings. The number of carbonyl (C=O) groups excluding carboxylic acids is 1. The van der Waals surface area contributed by atoms with Crippen molar-refractivity contribution in [1.29, 1.82) is 0 Å². The molecule has 1 N–H and O–H groups in total. The molecule has 6 nitrogen and oxygen atoms in total. The number of aromatic nitrogens is 3. The van der Waals surface area contributed by atoms with E-state index in [0.717, 1.165) is 29.9 Å². The van der Waals surface area contributed by atoms with Crippen LogP contribution in [0.4, 0.5) is 17.3 Å². The molecule has 3 aromatic rings. The first-order chi connectivity index (χ1) is 14.2. The molecule has 3 heterocycles. The maximum atomic E-state index is 12.0. The van der Waals surface area contributed by atoms with E-state index in [1.807, 2.05) is 12.1 Å². The van der Waals surface area contributed by atoms with E-state index in [1.165, 1.54) is 18.4 Å². The van der Waals surface area contributed by atoms with Gasteiger partial charge in [0, 0.05) is 18.5 Å². The number of amides is 1. The molecule has 2 aromatic heterocycles. The highest BCUT2D eigenvalue weighted by molar-refractivity contribution is 6.32. The molecule has 0 bridgehead atoms. The maximum absolute atomic E-state index is 12.0. The molecule has 1 saturated heterocycles. The Labute approximate surface area is 174 Å². The molecule has 0 atom stereocenters. The average molecular weight is 406 g/mol. The summed E-state index contributed by atoms with van der Waals surface area (Å²) in [6.45, 7) is 0.725. The fourth-order valence-electron chi connectivity index (χ4n) is 3.68. The third kappa shape index (κ3) is 3.80. The second-order valence-electron chi connectivity index (χ2n) is 7.50. The number of anilines is 3. The van der Waals surface area contributed by atoms with Crippen molar-refractivity contribution in [2.45, 2.75) is 31.6 Å². The fraction of sp³-hybridized carbons (Fsp3) is 0.273. The van der Waals surface area contributed by atoms with Gasteiger partial charge in [0.05, 0.1) is 40.7 Å². The van der Waals surface area contributed by atoms with Crippen molar-refractivity contribution in [3.05, 3.63) is 59.5 Å². The molecule has 29 heavy (non-hydrogen) atoms. The van der Waals surface area contributed by atoms with Crippen LogP contribution < -0.4 is 10.2 Å². The Morgan fingerprint density at radius 1 is 1.14 bits per heavy atom. The smallest absolute Gasteiger partial charge is 0.227 e. The Kier molecular flexibility index (Phi) is 4.64. The molecule has 1 aromatic carbocycles. The zero-order valence-corrected chi connectivity index (χ0v) is 16.6. The number of benzene rings is 1. The Balaban J connectivity index is 1.42. The molecular formula is C22H20ClN5O. The Morgan fingerprint density at radius 3 is 2.83 bits per heavy atom. The lowest BCUT2D eigenvalue weighted by Crippen LogP contribution is -2.23. The van der Waals surface area contributed by atoms with Crippen molar-refractivity contribution >= 4 is 34.8 Å². The van der Waals surface area contributed by atoms with Crippen molar-refractivity contribution in [2.75, 3.05) is 16.8 Å². The van der Waals surface area contributed by atoms with E-state index in [0.29, 0.717) is 29.0 Å². The van der Waals surface area contributed by atoms with E-state index in [1.54, 1.807) is 23.5 Å². The SMILES string of the molecule is O=C1CCCN1c1cncc(Nc2ncc(Cl)c(-c3cccc(C4CC4)c3)n2)c1. The Bertz CT molecular complexity index is 1080. The van der Waals surface area contributed by atoms with E-state index >= 15 is 0 Å². The number of carbonyl (C=O) groups is 1. The van der Waals surface area contributed by atoms with Gasteiger partial charge in [-0.1, -0.05) is 29.8 Å². The topological polar surface area (TPSA) is 71.0 Å². The second kappa shape index (κ2) is 7.44. The number of hydrogen-bond donors (Lipinski definition) is 1. The van der Waals surface area contributed by atoms with Gasteiger partial charge >= 0.3 is 0 Å². The first-order valence-electron chi connectivity index (χ1n) is 9.83. The summed E-state index contributed by atoms with van der Waals surface area (Å²) in [5, 5.41) is 3.70. The molecule has 0 radical (unpaired) electrons. The van der Waals surface area contributed by atoms with Crippen LogP contribution in [0, 0.1) is 0 Å². The first-order valence-corrected chi connectivity index (χ1v) is 10.2. The zero-order chi connectivity index (χ0) is 19.8. The van der Waals surface area contributed by atoms with Crippen LogP contribution in [0.5, 0.6) is 0 Å². The van der Waals surface area contributed by atoms with Crippen molar-refractivity contribution in [1.82, 2.24) is 15.0 Å². The summed E-state index contributed by atoms with van der Waals surface area (Å²) in [6.07, 6.45) is 8.95. The highest BCUT2D eigenvalue weighted by atomic mass is 35.5. The molecule has 146 valence electrons. The third-order valence-electron chi connectivity index (χ3n) is 5.32. The molecule has 0 spiro atoms. The summed E-state index contributed by atoms with van der Waals surface area (Å²) < 4.78 is 0. The summed E-state index contributed by atoms with van der Waals surface area (Å²) in [4.78, 5) is 27.0. The van der Waals surface area contributed by atoms with Crippen molar-refractivity contribution in [2.24, 2.45) is 0 Å². The highest BCUT2D eigenvalue weighted by Crippen LogP contribution is 2.41. The lowest BCUT2D eigenvalue weighted by Gasteiger charge is -2.16. The van der Waals surface area contributed by atoms with Gasteiger partial charge in [-0.15, -0.1) is 0 Å². The molecule has 1 amide bonds. The van der Waals surface area contributed by atoms with Crippen LogP contribution in [0.1, 0.15) is 37.2 Å². The van der Waals surface area contributed by atoms with Crippen LogP contribution >= 0.6 is 11.6 Å². The van der Waals surface area contributed by atoms with Crippen LogP contribution in [0.2, 0.25) is 5.02 Å². The number of hydrogen-bond acceptors (Lipinski definition) is 5. The van der Waals surface area contributed by atoms with Crippen LogP contribution in [-0.2, 0) is 4.79 Å². The van der Waals surface area contributed by atoms with Gasteiger partial charge in [0.25, 0.3) is 0 Å². The standard InChI is InChI=1S/C22H20ClN5O/c23-19-13-25-22(27-21(19)16-4-1-3-15(9-16)14-6-7-14)26-17-10-18(12-24-11-17)28-8-2-5-20(28)29/h1,3-4,9-14H,2,5-8H2,(H,25,26,27). The van der Waals surface area contributed by atoms with Crippen LogP contribution in [0.3, 0.4) is 0 Å². The van der Waals surface area contributed by atoms with E-state index in [9.17, 15) is 4.79 Å². The predicted molar refractivity (Wildman–Crippen MR) is 114 cm³/mol. The van der Waals surface area contributed by atoms with Gasteiger partial charge in [-0.2, -0.15) is 0 Å². The predicted octanol–water partition coefficient (Wildman–Crippen LogP) is 4.94. The van der Waals surface area contributed by atoms with Gasteiger partial charge in [0.2, 0.25) is 11.9 Å². The van der Waals surface area contributed by atoms with Crippen molar-refractivity contribution in [3.8, 4) is 11.3 Å². The van der Waals surface area contributed by atoms with Gasteiger partial charge in [-0.05, 0) is 42.9 Å². The second-order valence-corrected chi connectivity index (χ2v) is 7.90. The number of nitrogens with one attached hydrogen (secondary N) is 1. The minimum atomic E-state index is 0.129. The van der Waals surface area contributed by atoms with Gasteiger partial charge in [-0.3, -0.25) is 9.78 Å². The summed E-state index contributed by atoms with van der Waals surface area (Å²) in [7, 11) is 0. The Morgan fingerprint density at radius 2 is 2.03 bits per heavy atom. The fourth-order valence-corrected chi connectivity index (χ4v) is 3.88. The maximum Gasteiger partial charge on any atom is 0.227 e. The van der Waals surface area contributed by atoms with E-state index < -0.39 is 0 Å². The molecule has 1 aliphatic heterocycles. The Hall–Kier alpha value is -2.99. The van der Waals surface area contributed by atoms with E-state index in [2.05, 4.69) is 38.5 Å². The first kappa shape index (κ1) is 18.1. The molecule has 1 saturated carbocycles. The van der Waals surface area contributed by atoms with Gasteiger partial charge in [0.1, 0.15) is 0 Å². The monoisotopic (exact) mass is 405 g/mol. The largest absolute Gasteiger partial charge is 0.323 e. The van der Waals surface area contributed by atoms with E-state index in [4.69, 9.17) is 11.6 Å². The molecule has 5 rings (SSSR count). The van der Waals surface area contributed by atoms with Gasteiger partial charge in [0.15, 0.2) is 0 Å². The number of halogens is 1. The number of pyridine rings is 1. The summed E-state index contributed by atoms with van der Waals surface area (Å²) in [6, 6.07) is 10.3. The molecular weight excluding hydrogens is 386 g/mol. The minimum Gasteiger partial charge on any atom is -0.323 e. The quantitative estimate of drug-likeness (QED) is 0.651. The average Bonchev–Trinajstić information content (AvgIpc) is 3.51. The highest BCUT2D eigenvalue weighted by Gasteiger charge is 2.24. The number of rotatable bonds is 5. The van der Waals surface area contributed by atoms with Crippen LogP contribution in [-0.4, -0.2) is 27.4 Å². The van der Waals surface area contributed by atoms with Crippen molar-refractivity contribution < 1.29 is 4.79 Å². The summed E-state index contributed by atoms with van der Waals surface area (Å²) in [5.41, 5.74) is 4.52. The third-order valence-corrected chi connectivity index (χ3v) is 5.59. The molecule has 2 aliphatic rings. The van der Waals surface area contributed by atoms with Crippen LogP contribution in [0.25, 0.3) is 11.3 Å². The lowest BCUT2D eigenvalue weighted by molar-refractivity contribution is -0.117. The lowest BCUT2D eigenvalue weighted by atomic mass is 10.0.